The van der Waals surface area contributed by atoms with Crippen LogP contribution in [0.25, 0.3) is 11.3 Å². The first-order valence-corrected chi connectivity index (χ1v) is 14.8. The number of carbonyl (C=O) groups excluding carboxylic acids is 1. The molecule has 2 N–H and O–H groups in total. The van der Waals surface area contributed by atoms with Crippen molar-refractivity contribution < 1.29 is 24.1 Å². The Labute approximate surface area is 256 Å². The van der Waals surface area contributed by atoms with Gasteiger partial charge in [-0.25, -0.2) is 9.97 Å². The second-order valence-corrected chi connectivity index (χ2v) is 11.1. The lowest BCUT2D eigenvalue weighted by Gasteiger charge is -2.43. The van der Waals surface area contributed by atoms with Gasteiger partial charge in [-0.2, -0.15) is 10.2 Å². The monoisotopic (exact) mass is 600 g/mol. The number of methoxy groups -OCH3 is 1. The van der Waals surface area contributed by atoms with Gasteiger partial charge in [-0.15, -0.1) is 0 Å². The zero-order chi connectivity index (χ0) is 30.6. The van der Waals surface area contributed by atoms with Gasteiger partial charge in [0.15, 0.2) is 0 Å². The maximum absolute atomic E-state index is 12.1. The smallest absolute Gasteiger partial charge is 0.251 e. The average molecular weight is 601 g/mol. The normalized spacial score (nSPS) is 19.6. The average Bonchev–Trinajstić information content (AvgIpc) is 3.49. The highest BCUT2D eigenvalue weighted by Crippen LogP contribution is 2.31. The highest BCUT2D eigenvalue weighted by Gasteiger charge is 2.31. The highest BCUT2D eigenvalue weighted by molar-refractivity contribution is 5.80. The minimum atomic E-state index is -1.05. The van der Waals surface area contributed by atoms with Crippen molar-refractivity contribution in [2.75, 3.05) is 69.8 Å². The summed E-state index contributed by atoms with van der Waals surface area (Å²) in [6.07, 6.45) is 0.962. The van der Waals surface area contributed by atoms with Gasteiger partial charge in [0.05, 0.1) is 44.2 Å². The van der Waals surface area contributed by atoms with E-state index in [1.807, 2.05) is 18.2 Å². The van der Waals surface area contributed by atoms with Crippen molar-refractivity contribution in [3.05, 3.63) is 48.2 Å². The molecule has 1 amide bonds. The number of nitrogens with zero attached hydrogens (tertiary/aromatic N) is 7. The summed E-state index contributed by atoms with van der Waals surface area (Å²) in [6.45, 7) is 7.70. The summed E-state index contributed by atoms with van der Waals surface area (Å²) in [5, 5.41) is 22.6. The number of pyridine rings is 1. The number of ether oxygens (including phenoxy) is 3. The highest BCUT2D eigenvalue weighted by atomic mass is 16.5. The zero-order valence-corrected chi connectivity index (χ0v) is 24.8. The molecule has 0 spiro atoms. The Hall–Kier alpha value is -4.51. The number of hydrogen-bond acceptors (Lipinski definition) is 12. The standard InChI is InChI=1S/C31H36N8O5/c1-20(40)30(41)39-10-8-24(17-39)44-27-5-3-21(15-22(27)16-32)25-7-9-33-31(34-25)36-28-6-4-26(29(35-28)42-2)38-13-11-37(12-14-38)23-18-43-19-23/h3-7,9,15,20,23-24,40H,8,10-14,17-19H2,1-2H3,(H,33,34,35,36). The fraction of sp³-hybridized carbons (Fsp3) is 0.452. The van der Waals surface area contributed by atoms with Crippen molar-refractivity contribution in [1.82, 2.24) is 24.8 Å². The van der Waals surface area contributed by atoms with Crippen LogP contribution in [0.5, 0.6) is 11.6 Å². The molecule has 13 nitrogen and oxygen atoms in total. The van der Waals surface area contributed by atoms with Crippen molar-refractivity contribution >= 4 is 23.4 Å². The van der Waals surface area contributed by atoms with E-state index in [1.165, 1.54) is 6.92 Å². The fourth-order valence-electron chi connectivity index (χ4n) is 5.70. The summed E-state index contributed by atoms with van der Waals surface area (Å²) >= 11 is 0. The molecular weight excluding hydrogens is 564 g/mol. The lowest BCUT2D eigenvalue weighted by Crippen LogP contribution is -2.56. The maximum atomic E-state index is 12.1. The topological polar surface area (TPSA) is 149 Å². The second kappa shape index (κ2) is 13.0. The van der Waals surface area contributed by atoms with Gasteiger partial charge in [0.25, 0.3) is 5.91 Å². The first kappa shape index (κ1) is 29.6. The van der Waals surface area contributed by atoms with E-state index in [0.717, 1.165) is 50.6 Å². The van der Waals surface area contributed by atoms with Crippen LogP contribution < -0.4 is 19.7 Å². The Morgan fingerprint density at radius 2 is 1.95 bits per heavy atom. The molecule has 13 heteroatoms. The molecule has 0 aliphatic carbocycles. The Morgan fingerprint density at radius 3 is 2.66 bits per heavy atom. The number of amides is 1. The Balaban J connectivity index is 1.11. The number of benzene rings is 1. The van der Waals surface area contributed by atoms with E-state index in [4.69, 9.17) is 14.2 Å². The van der Waals surface area contributed by atoms with Crippen LogP contribution in [0.3, 0.4) is 0 Å². The third-order valence-corrected chi connectivity index (χ3v) is 8.22. The number of carbonyl (C=O) groups is 1. The van der Waals surface area contributed by atoms with Gasteiger partial charge in [-0.05, 0) is 43.3 Å². The zero-order valence-electron chi connectivity index (χ0n) is 24.8. The summed E-state index contributed by atoms with van der Waals surface area (Å²) < 4.78 is 17.1. The van der Waals surface area contributed by atoms with Gasteiger partial charge in [0.1, 0.15) is 35.5 Å². The lowest BCUT2D eigenvalue weighted by molar-refractivity contribution is -0.138. The van der Waals surface area contributed by atoms with Crippen LogP contribution in [0.15, 0.2) is 42.6 Å². The number of nitriles is 1. The number of aliphatic hydroxyl groups is 1. The van der Waals surface area contributed by atoms with Gasteiger partial charge >= 0.3 is 0 Å². The Morgan fingerprint density at radius 1 is 1.14 bits per heavy atom. The van der Waals surface area contributed by atoms with E-state index in [9.17, 15) is 15.2 Å². The van der Waals surface area contributed by atoms with E-state index < -0.39 is 6.10 Å². The number of piperazine rings is 1. The number of rotatable bonds is 9. The van der Waals surface area contributed by atoms with E-state index >= 15 is 0 Å². The first-order chi connectivity index (χ1) is 21.4. The molecule has 44 heavy (non-hydrogen) atoms. The van der Waals surface area contributed by atoms with Gasteiger partial charge < -0.3 is 34.4 Å². The summed E-state index contributed by atoms with van der Waals surface area (Å²) in [5.41, 5.74) is 2.66. The molecule has 3 aliphatic rings. The van der Waals surface area contributed by atoms with Crippen LogP contribution in [-0.4, -0.2) is 114 Å². The minimum Gasteiger partial charge on any atom is -0.487 e. The van der Waals surface area contributed by atoms with E-state index in [-0.39, 0.29) is 12.0 Å². The van der Waals surface area contributed by atoms with Gasteiger partial charge in [-0.1, -0.05) is 0 Å². The molecule has 3 fully saturated rings. The second-order valence-electron chi connectivity index (χ2n) is 11.1. The first-order valence-electron chi connectivity index (χ1n) is 14.8. The van der Waals surface area contributed by atoms with Crippen LogP contribution >= 0.6 is 0 Å². The number of aliphatic hydroxyl groups excluding tert-OH is 1. The van der Waals surface area contributed by atoms with Crippen LogP contribution in [0.4, 0.5) is 17.5 Å². The summed E-state index contributed by atoms with van der Waals surface area (Å²) in [6, 6.07) is 13.7. The molecule has 0 bridgehead atoms. The molecule has 0 radical (unpaired) electrons. The fourth-order valence-corrected chi connectivity index (χ4v) is 5.70. The van der Waals surface area contributed by atoms with Gasteiger partial charge in [0, 0.05) is 50.9 Å². The van der Waals surface area contributed by atoms with Crippen molar-refractivity contribution in [2.45, 2.75) is 31.6 Å². The summed E-state index contributed by atoms with van der Waals surface area (Å²) in [4.78, 5) is 32.1. The molecule has 1 aromatic carbocycles. The largest absolute Gasteiger partial charge is 0.487 e. The van der Waals surface area contributed by atoms with E-state index in [0.29, 0.717) is 60.2 Å². The van der Waals surface area contributed by atoms with E-state index in [2.05, 4.69) is 36.1 Å². The summed E-state index contributed by atoms with van der Waals surface area (Å²) in [5.74, 6) is 1.55. The molecule has 0 saturated carbocycles. The number of aromatic nitrogens is 3. The Bertz CT molecular complexity index is 1530. The molecule has 3 aromatic rings. The lowest BCUT2D eigenvalue weighted by atomic mass is 10.1. The van der Waals surface area contributed by atoms with Crippen LogP contribution in [0.1, 0.15) is 18.9 Å². The maximum Gasteiger partial charge on any atom is 0.251 e. The van der Waals surface area contributed by atoms with Crippen LogP contribution in [0.2, 0.25) is 0 Å². The van der Waals surface area contributed by atoms with Crippen molar-refractivity contribution in [3.63, 3.8) is 0 Å². The molecule has 3 saturated heterocycles. The van der Waals surface area contributed by atoms with Crippen LogP contribution in [0, 0.1) is 11.3 Å². The number of nitrogens with one attached hydrogen (secondary N) is 1. The van der Waals surface area contributed by atoms with E-state index in [1.54, 1.807) is 36.4 Å². The third-order valence-electron chi connectivity index (χ3n) is 8.22. The molecule has 230 valence electrons. The van der Waals surface area contributed by atoms with Crippen LogP contribution in [-0.2, 0) is 9.53 Å². The molecular formula is C31H36N8O5. The molecule has 2 unspecified atom stereocenters. The predicted molar refractivity (Wildman–Crippen MR) is 162 cm³/mol. The third kappa shape index (κ3) is 6.37. The van der Waals surface area contributed by atoms with Gasteiger partial charge in [-0.3, -0.25) is 9.69 Å². The molecule has 6 rings (SSSR count). The SMILES string of the molecule is COc1nc(Nc2nccc(-c3ccc(OC4CCN(C(=O)C(C)O)C4)c(C#N)c3)n2)ccc1N1CCN(C2COC2)CC1. The van der Waals surface area contributed by atoms with Crippen molar-refractivity contribution in [3.8, 4) is 29.0 Å². The predicted octanol–water partition coefficient (Wildman–Crippen LogP) is 2.04. The number of likely N-dealkylation sites (tertiary alicyclic amines) is 1. The Kier molecular flexibility index (Phi) is 8.74. The van der Waals surface area contributed by atoms with Gasteiger partial charge in [0.2, 0.25) is 11.8 Å². The van der Waals surface area contributed by atoms with Crippen molar-refractivity contribution in [1.29, 1.82) is 5.26 Å². The molecule has 3 aliphatic heterocycles. The minimum absolute atomic E-state index is 0.256. The molecule has 2 atom stereocenters. The summed E-state index contributed by atoms with van der Waals surface area (Å²) in [7, 11) is 1.62. The molecule has 2 aromatic heterocycles. The number of anilines is 3. The number of hydrogen-bond donors (Lipinski definition) is 2. The molecule has 5 heterocycles. The van der Waals surface area contributed by atoms with Crippen molar-refractivity contribution in [2.24, 2.45) is 0 Å². The quantitative estimate of drug-likeness (QED) is 0.370.